The minimum absolute atomic E-state index is 0.0305. The molecule has 1 fully saturated rings. The summed E-state index contributed by atoms with van der Waals surface area (Å²) in [6.45, 7) is 2.29. The molecule has 112 valence electrons. The van der Waals surface area contributed by atoms with Gasteiger partial charge in [-0.05, 0) is 36.3 Å². The second-order valence-corrected chi connectivity index (χ2v) is 6.52. The zero-order valence-corrected chi connectivity index (χ0v) is 12.3. The highest BCUT2D eigenvalue weighted by Gasteiger charge is 2.61. The Morgan fingerprint density at radius 3 is 2.95 bits per heavy atom. The van der Waals surface area contributed by atoms with Crippen molar-refractivity contribution in [3.63, 3.8) is 0 Å². The Morgan fingerprint density at radius 2 is 2.19 bits per heavy atom. The third kappa shape index (κ3) is 2.55. The number of rotatable bonds is 5. The molecule has 0 radical (unpaired) electrons. The summed E-state index contributed by atoms with van der Waals surface area (Å²) in [6.07, 6.45) is 3.16. The van der Waals surface area contributed by atoms with Gasteiger partial charge in [0.1, 0.15) is 0 Å². The molecule has 0 bridgehead atoms. The van der Waals surface area contributed by atoms with Gasteiger partial charge in [0.05, 0.1) is 0 Å². The summed E-state index contributed by atoms with van der Waals surface area (Å²) in [4.78, 5) is 22.9. The zero-order valence-electron chi connectivity index (χ0n) is 12.3. The van der Waals surface area contributed by atoms with Gasteiger partial charge in [-0.15, -0.1) is 0 Å². The van der Waals surface area contributed by atoms with E-state index in [1.165, 1.54) is 11.1 Å². The normalized spacial score (nSPS) is 27.2. The molecule has 2 N–H and O–H groups in total. The van der Waals surface area contributed by atoms with Gasteiger partial charge in [0.15, 0.2) is 0 Å². The molecule has 3 atom stereocenters. The summed E-state index contributed by atoms with van der Waals surface area (Å²) >= 11 is 0. The number of benzene rings is 1. The topological polar surface area (TPSA) is 66.4 Å². The van der Waals surface area contributed by atoms with Gasteiger partial charge >= 0.3 is 5.97 Å². The summed E-state index contributed by atoms with van der Waals surface area (Å²) in [5.74, 6) is -0.691. The van der Waals surface area contributed by atoms with E-state index in [4.69, 9.17) is 5.11 Å². The SMILES string of the molecule is CC(CNC(=O)C1CC12CCc1ccccc12)CC(=O)O. The van der Waals surface area contributed by atoms with E-state index in [-0.39, 0.29) is 29.6 Å². The summed E-state index contributed by atoms with van der Waals surface area (Å²) in [5, 5.41) is 11.7. The number of aryl methyl sites for hydroxylation is 1. The van der Waals surface area contributed by atoms with Crippen LogP contribution in [-0.4, -0.2) is 23.5 Å². The van der Waals surface area contributed by atoms with Gasteiger partial charge in [-0.3, -0.25) is 9.59 Å². The Kier molecular flexibility index (Phi) is 3.47. The van der Waals surface area contributed by atoms with Gasteiger partial charge in [0, 0.05) is 24.3 Å². The highest BCUT2D eigenvalue weighted by atomic mass is 16.4. The number of carbonyl (C=O) groups is 2. The van der Waals surface area contributed by atoms with Crippen LogP contribution in [0.4, 0.5) is 0 Å². The van der Waals surface area contributed by atoms with Crippen molar-refractivity contribution in [2.75, 3.05) is 6.54 Å². The van der Waals surface area contributed by atoms with Crippen LogP contribution >= 0.6 is 0 Å². The fourth-order valence-corrected chi connectivity index (χ4v) is 3.71. The van der Waals surface area contributed by atoms with Gasteiger partial charge in [-0.2, -0.15) is 0 Å². The highest BCUT2D eigenvalue weighted by molar-refractivity contribution is 5.85. The van der Waals surface area contributed by atoms with Crippen molar-refractivity contribution in [3.05, 3.63) is 35.4 Å². The van der Waals surface area contributed by atoms with E-state index < -0.39 is 5.97 Å². The third-order valence-corrected chi connectivity index (χ3v) is 4.93. The monoisotopic (exact) mass is 287 g/mol. The third-order valence-electron chi connectivity index (χ3n) is 4.93. The Labute approximate surface area is 124 Å². The predicted octanol–water partition coefficient (Wildman–Crippen LogP) is 2.12. The fraction of sp³-hybridized carbons (Fsp3) is 0.529. The second-order valence-electron chi connectivity index (χ2n) is 6.52. The van der Waals surface area contributed by atoms with Crippen LogP contribution in [0.5, 0.6) is 0 Å². The number of nitrogens with one attached hydrogen (secondary N) is 1. The highest BCUT2D eigenvalue weighted by Crippen LogP contribution is 2.61. The molecule has 4 heteroatoms. The fourth-order valence-electron chi connectivity index (χ4n) is 3.71. The number of aliphatic carboxylic acids is 1. The van der Waals surface area contributed by atoms with Gasteiger partial charge < -0.3 is 10.4 Å². The van der Waals surface area contributed by atoms with Crippen LogP contribution in [0.2, 0.25) is 0 Å². The molecule has 0 heterocycles. The molecular weight excluding hydrogens is 266 g/mol. The van der Waals surface area contributed by atoms with Crippen molar-refractivity contribution >= 4 is 11.9 Å². The number of carbonyl (C=O) groups excluding carboxylic acids is 1. The molecule has 0 saturated heterocycles. The van der Waals surface area contributed by atoms with Gasteiger partial charge in [-0.1, -0.05) is 31.2 Å². The quantitative estimate of drug-likeness (QED) is 0.871. The number of carboxylic acids is 1. The number of fused-ring (bicyclic) bond motifs is 2. The molecular formula is C17H21NO3. The van der Waals surface area contributed by atoms with Crippen molar-refractivity contribution in [2.24, 2.45) is 11.8 Å². The maximum absolute atomic E-state index is 12.3. The second kappa shape index (κ2) is 5.17. The lowest BCUT2D eigenvalue weighted by molar-refractivity contribution is -0.138. The first-order valence-corrected chi connectivity index (χ1v) is 7.61. The molecule has 21 heavy (non-hydrogen) atoms. The van der Waals surface area contributed by atoms with Crippen molar-refractivity contribution < 1.29 is 14.7 Å². The van der Waals surface area contributed by atoms with E-state index in [0.29, 0.717) is 6.54 Å². The molecule has 1 saturated carbocycles. The summed E-state index contributed by atoms with van der Waals surface area (Å²) in [5.41, 5.74) is 2.80. The average molecular weight is 287 g/mol. The molecule has 0 aromatic heterocycles. The molecule has 0 aliphatic heterocycles. The number of carboxylic acid groups (broad SMARTS) is 1. The Bertz CT molecular complexity index is 583. The van der Waals surface area contributed by atoms with Crippen molar-refractivity contribution in [1.29, 1.82) is 0 Å². The molecule has 2 aliphatic carbocycles. The first-order valence-electron chi connectivity index (χ1n) is 7.61. The minimum atomic E-state index is -0.815. The van der Waals surface area contributed by atoms with Crippen molar-refractivity contribution in [3.8, 4) is 0 Å². The van der Waals surface area contributed by atoms with E-state index in [1.807, 2.05) is 13.0 Å². The lowest BCUT2D eigenvalue weighted by Crippen LogP contribution is -2.32. The zero-order chi connectivity index (χ0) is 15.0. The molecule has 1 amide bonds. The average Bonchev–Trinajstić information content (AvgIpc) is 3.06. The Morgan fingerprint density at radius 1 is 1.43 bits per heavy atom. The van der Waals surface area contributed by atoms with Gasteiger partial charge in [0.25, 0.3) is 0 Å². The Hall–Kier alpha value is -1.84. The molecule has 1 spiro atoms. The molecule has 2 aliphatic rings. The van der Waals surface area contributed by atoms with Crippen LogP contribution in [0, 0.1) is 11.8 Å². The van der Waals surface area contributed by atoms with Crippen LogP contribution in [-0.2, 0) is 21.4 Å². The summed E-state index contributed by atoms with van der Waals surface area (Å²) in [7, 11) is 0. The first-order chi connectivity index (χ1) is 10.0. The smallest absolute Gasteiger partial charge is 0.303 e. The largest absolute Gasteiger partial charge is 0.481 e. The van der Waals surface area contributed by atoms with E-state index in [1.54, 1.807) is 0 Å². The predicted molar refractivity (Wildman–Crippen MR) is 79.0 cm³/mol. The molecule has 4 nitrogen and oxygen atoms in total. The van der Waals surface area contributed by atoms with Crippen LogP contribution in [0.1, 0.15) is 37.3 Å². The van der Waals surface area contributed by atoms with Crippen molar-refractivity contribution in [1.82, 2.24) is 5.32 Å². The Balaban J connectivity index is 1.59. The van der Waals surface area contributed by atoms with E-state index >= 15 is 0 Å². The molecule has 1 aromatic carbocycles. The molecule has 1 aromatic rings. The van der Waals surface area contributed by atoms with Gasteiger partial charge in [-0.25, -0.2) is 0 Å². The molecule has 3 unspecified atom stereocenters. The number of amides is 1. The lowest BCUT2D eigenvalue weighted by Gasteiger charge is -2.13. The lowest BCUT2D eigenvalue weighted by atomic mass is 9.95. The van der Waals surface area contributed by atoms with E-state index in [9.17, 15) is 9.59 Å². The maximum atomic E-state index is 12.3. The maximum Gasteiger partial charge on any atom is 0.303 e. The summed E-state index contributed by atoms with van der Waals surface area (Å²) in [6, 6.07) is 8.42. The van der Waals surface area contributed by atoms with Crippen LogP contribution in [0.3, 0.4) is 0 Å². The number of hydrogen-bond acceptors (Lipinski definition) is 2. The van der Waals surface area contributed by atoms with E-state index in [0.717, 1.165) is 19.3 Å². The van der Waals surface area contributed by atoms with Crippen LogP contribution in [0.15, 0.2) is 24.3 Å². The first kappa shape index (κ1) is 14.1. The summed E-state index contributed by atoms with van der Waals surface area (Å²) < 4.78 is 0. The number of hydrogen-bond donors (Lipinski definition) is 2. The van der Waals surface area contributed by atoms with E-state index in [2.05, 4.69) is 23.5 Å². The minimum Gasteiger partial charge on any atom is -0.481 e. The van der Waals surface area contributed by atoms with Gasteiger partial charge in [0.2, 0.25) is 5.91 Å². The van der Waals surface area contributed by atoms with Crippen molar-refractivity contribution in [2.45, 2.75) is 38.0 Å². The standard InChI is InChI=1S/C17H21NO3/c1-11(8-15(19)20)10-18-16(21)14-9-17(14)7-6-12-4-2-3-5-13(12)17/h2-5,11,14H,6-10H2,1H3,(H,18,21)(H,19,20). The van der Waals surface area contributed by atoms with Crippen LogP contribution < -0.4 is 5.32 Å². The molecule has 3 rings (SSSR count). The van der Waals surface area contributed by atoms with Crippen LogP contribution in [0.25, 0.3) is 0 Å².